The molecule has 0 saturated carbocycles. The number of alkyl halides is 3. The van der Waals surface area contributed by atoms with Gasteiger partial charge in [0.25, 0.3) is 0 Å². The lowest BCUT2D eigenvalue weighted by atomic mass is 10.2. The van der Waals surface area contributed by atoms with Gasteiger partial charge in [-0.25, -0.2) is 13.9 Å². The molecular formula is C11H6BrF4N3O2. The first kappa shape index (κ1) is 15.4. The van der Waals surface area contributed by atoms with E-state index in [2.05, 4.69) is 26.2 Å². The van der Waals surface area contributed by atoms with E-state index in [1.165, 1.54) is 6.07 Å². The molecule has 0 spiro atoms. The zero-order chi connectivity index (χ0) is 15.8. The minimum absolute atomic E-state index is 0.169. The summed E-state index contributed by atoms with van der Waals surface area (Å²) in [5, 5.41) is 14.9. The lowest BCUT2D eigenvalue weighted by Gasteiger charge is -2.11. The molecule has 0 aliphatic carbocycles. The van der Waals surface area contributed by atoms with Gasteiger partial charge >= 0.3 is 12.1 Å². The van der Waals surface area contributed by atoms with Crippen LogP contribution in [0.2, 0.25) is 0 Å². The second-order valence-corrected chi connectivity index (χ2v) is 4.84. The van der Waals surface area contributed by atoms with Gasteiger partial charge in [0.15, 0.2) is 5.69 Å². The highest BCUT2D eigenvalue weighted by Crippen LogP contribution is 2.32. The number of aromatic carboxylic acids is 1. The summed E-state index contributed by atoms with van der Waals surface area (Å²) in [7, 11) is 0. The van der Waals surface area contributed by atoms with Crippen molar-refractivity contribution in [2.45, 2.75) is 12.7 Å². The molecule has 0 saturated heterocycles. The Morgan fingerprint density at radius 2 is 2.05 bits per heavy atom. The SMILES string of the molecule is O=C(O)c1nnn(Cc2cc(F)ccc2Br)c1C(F)(F)F. The second-order valence-electron chi connectivity index (χ2n) is 3.98. The molecule has 0 atom stereocenters. The quantitative estimate of drug-likeness (QED) is 0.846. The number of nitrogens with zero attached hydrogens (tertiary/aromatic N) is 3. The van der Waals surface area contributed by atoms with Crippen LogP contribution in [0.3, 0.4) is 0 Å². The van der Waals surface area contributed by atoms with Crippen molar-refractivity contribution in [3.05, 3.63) is 45.4 Å². The molecule has 10 heteroatoms. The van der Waals surface area contributed by atoms with Crippen LogP contribution in [-0.4, -0.2) is 26.1 Å². The van der Waals surface area contributed by atoms with E-state index in [9.17, 15) is 22.4 Å². The minimum Gasteiger partial charge on any atom is -0.476 e. The Labute approximate surface area is 123 Å². The molecule has 21 heavy (non-hydrogen) atoms. The van der Waals surface area contributed by atoms with E-state index in [0.29, 0.717) is 9.15 Å². The summed E-state index contributed by atoms with van der Waals surface area (Å²) in [6.45, 7) is -0.479. The summed E-state index contributed by atoms with van der Waals surface area (Å²) >= 11 is 3.07. The Balaban J connectivity index is 2.50. The molecule has 2 aromatic rings. The molecule has 0 fully saturated rings. The van der Waals surface area contributed by atoms with Crippen molar-refractivity contribution in [2.75, 3.05) is 0 Å². The van der Waals surface area contributed by atoms with E-state index in [1.54, 1.807) is 0 Å². The van der Waals surface area contributed by atoms with Gasteiger partial charge < -0.3 is 5.11 Å². The van der Waals surface area contributed by atoms with Gasteiger partial charge in [-0.15, -0.1) is 5.10 Å². The zero-order valence-electron chi connectivity index (χ0n) is 10.0. The topological polar surface area (TPSA) is 68.0 Å². The third-order valence-electron chi connectivity index (χ3n) is 2.53. The lowest BCUT2D eigenvalue weighted by molar-refractivity contribution is -0.144. The van der Waals surface area contributed by atoms with Gasteiger partial charge in [-0.05, 0) is 23.8 Å². The summed E-state index contributed by atoms with van der Waals surface area (Å²) in [4.78, 5) is 10.8. The molecule has 1 aromatic heterocycles. The third-order valence-corrected chi connectivity index (χ3v) is 3.31. The van der Waals surface area contributed by atoms with Gasteiger partial charge in [-0.3, -0.25) is 0 Å². The van der Waals surface area contributed by atoms with Crippen LogP contribution >= 0.6 is 15.9 Å². The monoisotopic (exact) mass is 367 g/mol. The highest BCUT2D eigenvalue weighted by atomic mass is 79.9. The predicted octanol–water partition coefficient (Wildman–Crippen LogP) is 2.95. The number of hydrogen-bond acceptors (Lipinski definition) is 3. The number of benzene rings is 1. The molecule has 5 nitrogen and oxygen atoms in total. The van der Waals surface area contributed by atoms with E-state index in [-0.39, 0.29) is 5.56 Å². The Morgan fingerprint density at radius 3 is 2.62 bits per heavy atom. The maximum atomic E-state index is 13.1. The van der Waals surface area contributed by atoms with Crippen LogP contribution < -0.4 is 0 Å². The minimum atomic E-state index is -4.95. The van der Waals surface area contributed by atoms with E-state index in [0.717, 1.165) is 12.1 Å². The Morgan fingerprint density at radius 1 is 1.38 bits per heavy atom. The van der Waals surface area contributed by atoms with Crippen LogP contribution in [-0.2, 0) is 12.7 Å². The largest absolute Gasteiger partial charge is 0.476 e. The molecule has 112 valence electrons. The summed E-state index contributed by atoms with van der Waals surface area (Å²) in [6.07, 6.45) is -4.95. The van der Waals surface area contributed by atoms with Gasteiger partial charge in [0.2, 0.25) is 5.69 Å². The van der Waals surface area contributed by atoms with Crippen molar-refractivity contribution in [3.63, 3.8) is 0 Å². The number of hydrogen-bond donors (Lipinski definition) is 1. The molecule has 1 N–H and O–H groups in total. The first-order valence-electron chi connectivity index (χ1n) is 5.38. The second kappa shape index (κ2) is 5.43. The average molecular weight is 368 g/mol. The molecular weight excluding hydrogens is 362 g/mol. The standard InChI is InChI=1S/C11H6BrF4N3O2/c12-7-2-1-6(13)3-5(7)4-19-9(11(14,15)16)8(10(20)21)17-18-19/h1-3H,4H2,(H,20,21). The molecule has 1 aromatic carbocycles. The first-order chi connectivity index (χ1) is 9.70. The van der Waals surface area contributed by atoms with Crippen LogP contribution in [0.25, 0.3) is 0 Å². The van der Waals surface area contributed by atoms with Crippen molar-refractivity contribution in [1.29, 1.82) is 0 Å². The molecule has 0 unspecified atom stereocenters. The fourth-order valence-corrected chi connectivity index (χ4v) is 2.05. The van der Waals surface area contributed by atoms with Crippen LogP contribution in [0.5, 0.6) is 0 Å². The maximum absolute atomic E-state index is 13.1. The van der Waals surface area contributed by atoms with Crippen molar-refractivity contribution < 1.29 is 27.5 Å². The maximum Gasteiger partial charge on any atom is 0.435 e. The van der Waals surface area contributed by atoms with Crippen LogP contribution in [0.4, 0.5) is 17.6 Å². The molecule has 2 rings (SSSR count). The number of carboxylic acids is 1. The summed E-state index contributed by atoms with van der Waals surface area (Å²) < 4.78 is 52.7. The Hall–Kier alpha value is -1.97. The van der Waals surface area contributed by atoms with Crippen molar-refractivity contribution in [3.8, 4) is 0 Å². The van der Waals surface area contributed by atoms with Gasteiger partial charge in [-0.2, -0.15) is 13.2 Å². The Kier molecular flexibility index (Phi) is 3.99. The average Bonchev–Trinajstić information content (AvgIpc) is 2.77. The van der Waals surface area contributed by atoms with Gasteiger partial charge in [-0.1, -0.05) is 21.1 Å². The van der Waals surface area contributed by atoms with E-state index in [1.807, 2.05) is 0 Å². The fourth-order valence-electron chi connectivity index (χ4n) is 1.67. The molecule has 0 aliphatic rings. The van der Waals surface area contributed by atoms with Gasteiger partial charge in [0.05, 0.1) is 6.54 Å². The number of carboxylic acid groups (broad SMARTS) is 1. The van der Waals surface area contributed by atoms with Crippen LogP contribution in [0.15, 0.2) is 22.7 Å². The summed E-state index contributed by atoms with van der Waals surface area (Å²) in [5.74, 6) is -2.48. The summed E-state index contributed by atoms with van der Waals surface area (Å²) in [6, 6.07) is 3.47. The van der Waals surface area contributed by atoms with E-state index >= 15 is 0 Å². The molecule has 0 radical (unpaired) electrons. The van der Waals surface area contributed by atoms with Crippen LogP contribution in [0, 0.1) is 5.82 Å². The van der Waals surface area contributed by atoms with Crippen LogP contribution in [0.1, 0.15) is 21.7 Å². The summed E-state index contributed by atoms with van der Waals surface area (Å²) in [5.41, 5.74) is -2.52. The molecule has 1 heterocycles. The number of halogens is 5. The Bertz CT molecular complexity index is 699. The lowest BCUT2D eigenvalue weighted by Crippen LogP contribution is -2.19. The highest BCUT2D eigenvalue weighted by Gasteiger charge is 2.41. The number of rotatable bonds is 3. The van der Waals surface area contributed by atoms with Crippen molar-refractivity contribution >= 4 is 21.9 Å². The third kappa shape index (κ3) is 3.20. The van der Waals surface area contributed by atoms with Crippen molar-refractivity contribution in [1.82, 2.24) is 15.0 Å². The molecule has 0 bridgehead atoms. The van der Waals surface area contributed by atoms with Gasteiger partial charge in [0.1, 0.15) is 5.82 Å². The molecule has 0 amide bonds. The van der Waals surface area contributed by atoms with Crippen molar-refractivity contribution in [2.24, 2.45) is 0 Å². The smallest absolute Gasteiger partial charge is 0.435 e. The van der Waals surface area contributed by atoms with E-state index < -0.39 is 35.9 Å². The highest BCUT2D eigenvalue weighted by molar-refractivity contribution is 9.10. The van der Waals surface area contributed by atoms with Gasteiger partial charge in [0, 0.05) is 4.47 Å². The number of aromatic nitrogens is 3. The predicted molar refractivity (Wildman–Crippen MR) is 65.2 cm³/mol. The molecule has 0 aliphatic heterocycles. The first-order valence-corrected chi connectivity index (χ1v) is 6.17. The number of carbonyl (C=O) groups is 1. The normalized spacial score (nSPS) is 11.7. The fraction of sp³-hybridized carbons (Fsp3) is 0.182. The van der Waals surface area contributed by atoms with E-state index in [4.69, 9.17) is 5.11 Å². The zero-order valence-corrected chi connectivity index (χ0v) is 11.6.